The molecule has 2 heteroatoms. The van der Waals surface area contributed by atoms with Crippen molar-refractivity contribution in [3.63, 3.8) is 0 Å². The first kappa shape index (κ1) is 13.2. The summed E-state index contributed by atoms with van der Waals surface area (Å²) in [5.74, 6) is 1.63. The Balaban J connectivity index is 2.14. The second kappa shape index (κ2) is 5.30. The smallest absolute Gasteiger partial charge is 0.135 e. The van der Waals surface area contributed by atoms with Gasteiger partial charge in [-0.2, -0.15) is 5.26 Å². The number of ether oxygens (including phenoxy) is 1. The van der Waals surface area contributed by atoms with Crippen LogP contribution in [0.3, 0.4) is 0 Å². The van der Waals surface area contributed by atoms with E-state index in [0.29, 0.717) is 5.56 Å². The van der Waals surface area contributed by atoms with Gasteiger partial charge >= 0.3 is 0 Å². The lowest BCUT2D eigenvalue weighted by molar-refractivity contribution is 0.484. The molecule has 0 aliphatic rings. The fraction of sp³-hybridized carbons (Fsp3) is 0.105. The first-order valence-electron chi connectivity index (χ1n) is 6.86. The van der Waals surface area contributed by atoms with Crippen LogP contribution in [0, 0.1) is 25.2 Å². The van der Waals surface area contributed by atoms with Crippen molar-refractivity contribution in [3.8, 4) is 17.6 Å². The van der Waals surface area contributed by atoms with Crippen LogP contribution in [0.2, 0.25) is 0 Å². The van der Waals surface area contributed by atoms with E-state index in [9.17, 15) is 5.26 Å². The van der Waals surface area contributed by atoms with E-state index in [1.165, 1.54) is 5.56 Å². The van der Waals surface area contributed by atoms with Gasteiger partial charge in [-0.25, -0.2) is 0 Å². The van der Waals surface area contributed by atoms with E-state index in [0.717, 1.165) is 27.8 Å². The quantitative estimate of drug-likeness (QED) is 0.649. The van der Waals surface area contributed by atoms with Gasteiger partial charge in [0.05, 0.1) is 11.6 Å². The van der Waals surface area contributed by atoms with Gasteiger partial charge in [0, 0.05) is 10.8 Å². The van der Waals surface area contributed by atoms with Crippen molar-refractivity contribution < 1.29 is 4.74 Å². The Hall–Kier alpha value is -2.79. The summed E-state index contributed by atoms with van der Waals surface area (Å²) in [5, 5.41) is 11.1. The summed E-state index contributed by atoms with van der Waals surface area (Å²) in [6, 6.07) is 19.7. The predicted molar refractivity (Wildman–Crippen MR) is 84.7 cm³/mol. The summed E-state index contributed by atoms with van der Waals surface area (Å²) < 4.78 is 6.09. The van der Waals surface area contributed by atoms with Crippen LogP contribution in [-0.4, -0.2) is 0 Å². The zero-order chi connectivity index (χ0) is 14.8. The summed E-state index contributed by atoms with van der Waals surface area (Å²) in [5.41, 5.74) is 3.00. The molecule has 0 atom stereocenters. The molecule has 21 heavy (non-hydrogen) atoms. The highest BCUT2D eigenvalue weighted by molar-refractivity contribution is 5.93. The molecule has 0 radical (unpaired) electrons. The molecular formula is C19H15NO. The highest BCUT2D eigenvalue weighted by Gasteiger charge is 2.09. The van der Waals surface area contributed by atoms with Gasteiger partial charge < -0.3 is 4.74 Å². The van der Waals surface area contributed by atoms with E-state index in [1.807, 2.05) is 48.5 Å². The second-order valence-corrected chi connectivity index (χ2v) is 5.07. The average Bonchev–Trinajstić information content (AvgIpc) is 2.52. The van der Waals surface area contributed by atoms with E-state index in [-0.39, 0.29) is 0 Å². The molecule has 3 rings (SSSR count). The fourth-order valence-corrected chi connectivity index (χ4v) is 2.41. The highest BCUT2D eigenvalue weighted by atomic mass is 16.5. The van der Waals surface area contributed by atoms with Crippen LogP contribution >= 0.6 is 0 Å². The SMILES string of the molecule is Cc1cccc(Oc2ccc(C#N)c3ccccc23)c1C. The average molecular weight is 273 g/mol. The van der Waals surface area contributed by atoms with Crippen molar-refractivity contribution in [3.05, 3.63) is 71.3 Å². The molecule has 0 heterocycles. The van der Waals surface area contributed by atoms with Crippen LogP contribution < -0.4 is 4.74 Å². The number of hydrogen-bond acceptors (Lipinski definition) is 2. The van der Waals surface area contributed by atoms with Gasteiger partial charge in [-0.1, -0.05) is 36.4 Å². The van der Waals surface area contributed by atoms with E-state index < -0.39 is 0 Å². The Morgan fingerprint density at radius 2 is 1.57 bits per heavy atom. The van der Waals surface area contributed by atoms with E-state index >= 15 is 0 Å². The van der Waals surface area contributed by atoms with Crippen LogP contribution in [0.1, 0.15) is 16.7 Å². The summed E-state index contributed by atoms with van der Waals surface area (Å²) >= 11 is 0. The first-order chi connectivity index (χ1) is 10.2. The predicted octanol–water partition coefficient (Wildman–Crippen LogP) is 5.12. The molecule has 0 saturated carbocycles. The molecule has 102 valence electrons. The number of aryl methyl sites for hydroxylation is 1. The van der Waals surface area contributed by atoms with Gasteiger partial charge in [0.1, 0.15) is 11.5 Å². The summed E-state index contributed by atoms with van der Waals surface area (Å²) in [7, 11) is 0. The molecule has 2 nitrogen and oxygen atoms in total. The van der Waals surface area contributed by atoms with Gasteiger partial charge in [0.15, 0.2) is 0 Å². The molecule has 0 unspecified atom stereocenters. The Morgan fingerprint density at radius 1 is 0.810 bits per heavy atom. The minimum absolute atomic E-state index is 0.666. The number of nitrogens with zero attached hydrogens (tertiary/aromatic N) is 1. The van der Waals surface area contributed by atoms with E-state index in [1.54, 1.807) is 0 Å². The number of rotatable bonds is 2. The minimum atomic E-state index is 0.666. The van der Waals surface area contributed by atoms with Gasteiger partial charge in [-0.3, -0.25) is 0 Å². The minimum Gasteiger partial charge on any atom is -0.456 e. The topological polar surface area (TPSA) is 33.0 Å². The van der Waals surface area contributed by atoms with Crippen molar-refractivity contribution in [2.75, 3.05) is 0 Å². The normalized spacial score (nSPS) is 10.3. The zero-order valence-corrected chi connectivity index (χ0v) is 12.1. The largest absolute Gasteiger partial charge is 0.456 e. The maximum Gasteiger partial charge on any atom is 0.135 e. The van der Waals surface area contributed by atoms with Crippen molar-refractivity contribution >= 4 is 10.8 Å². The lowest BCUT2D eigenvalue weighted by atomic mass is 10.0. The number of hydrogen-bond donors (Lipinski definition) is 0. The third-order valence-corrected chi connectivity index (χ3v) is 3.78. The number of benzene rings is 3. The van der Waals surface area contributed by atoms with Crippen molar-refractivity contribution in [1.29, 1.82) is 5.26 Å². The molecule has 0 fully saturated rings. The fourth-order valence-electron chi connectivity index (χ4n) is 2.41. The Bertz CT molecular complexity index is 859. The highest BCUT2D eigenvalue weighted by Crippen LogP contribution is 2.33. The van der Waals surface area contributed by atoms with Gasteiger partial charge in [0.25, 0.3) is 0 Å². The Kier molecular flexibility index (Phi) is 3.33. The summed E-state index contributed by atoms with van der Waals surface area (Å²) in [6.07, 6.45) is 0. The lowest BCUT2D eigenvalue weighted by Crippen LogP contribution is -1.91. The molecule has 0 aliphatic heterocycles. The third-order valence-electron chi connectivity index (χ3n) is 3.78. The monoisotopic (exact) mass is 273 g/mol. The van der Waals surface area contributed by atoms with Crippen molar-refractivity contribution in [2.45, 2.75) is 13.8 Å². The van der Waals surface area contributed by atoms with Crippen molar-refractivity contribution in [1.82, 2.24) is 0 Å². The zero-order valence-electron chi connectivity index (χ0n) is 12.1. The third kappa shape index (κ3) is 2.34. The number of fused-ring (bicyclic) bond motifs is 1. The Morgan fingerprint density at radius 3 is 2.33 bits per heavy atom. The molecule has 0 N–H and O–H groups in total. The van der Waals surface area contributed by atoms with Crippen LogP contribution in [0.4, 0.5) is 0 Å². The molecule has 0 aromatic heterocycles. The van der Waals surface area contributed by atoms with E-state index in [4.69, 9.17) is 4.74 Å². The molecular weight excluding hydrogens is 258 g/mol. The lowest BCUT2D eigenvalue weighted by Gasteiger charge is -2.13. The molecule has 3 aromatic rings. The van der Waals surface area contributed by atoms with Crippen LogP contribution in [-0.2, 0) is 0 Å². The summed E-state index contributed by atoms with van der Waals surface area (Å²) in [6.45, 7) is 4.12. The number of nitriles is 1. The molecule has 0 aliphatic carbocycles. The molecule has 3 aromatic carbocycles. The first-order valence-corrected chi connectivity index (χ1v) is 6.86. The molecule has 0 bridgehead atoms. The van der Waals surface area contributed by atoms with E-state index in [2.05, 4.69) is 26.0 Å². The van der Waals surface area contributed by atoms with Crippen LogP contribution in [0.5, 0.6) is 11.5 Å². The van der Waals surface area contributed by atoms with Crippen LogP contribution in [0.25, 0.3) is 10.8 Å². The standard InChI is InChI=1S/C19H15NO/c1-13-6-5-9-18(14(13)2)21-19-11-10-15(12-20)16-7-3-4-8-17(16)19/h3-11H,1-2H3. The van der Waals surface area contributed by atoms with Crippen LogP contribution in [0.15, 0.2) is 54.6 Å². The maximum atomic E-state index is 9.21. The van der Waals surface area contributed by atoms with Crippen molar-refractivity contribution in [2.24, 2.45) is 0 Å². The van der Waals surface area contributed by atoms with Gasteiger partial charge in [0.2, 0.25) is 0 Å². The summed E-state index contributed by atoms with van der Waals surface area (Å²) in [4.78, 5) is 0. The molecule has 0 spiro atoms. The molecule has 0 saturated heterocycles. The molecule has 0 amide bonds. The Labute approximate surface area is 124 Å². The second-order valence-electron chi connectivity index (χ2n) is 5.07. The van der Waals surface area contributed by atoms with Gasteiger partial charge in [-0.15, -0.1) is 0 Å². The maximum absolute atomic E-state index is 9.21. The van der Waals surface area contributed by atoms with Gasteiger partial charge in [-0.05, 0) is 43.2 Å².